The Morgan fingerprint density at radius 1 is 0.548 bits per heavy atom. The van der Waals surface area contributed by atoms with E-state index in [0.29, 0.717) is 32.3 Å². The molecule has 156 valence electrons. The van der Waals surface area contributed by atoms with E-state index < -0.39 is 9.84 Å². The van der Waals surface area contributed by atoms with Crippen LogP contribution in [0.4, 0.5) is 0 Å². The fourth-order valence-electron chi connectivity index (χ4n) is 3.32. The lowest BCUT2D eigenvalue weighted by molar-refractivity contribution is 0.475. The van der Waals surface area contributed by atoms with Crippen molar-refractivity contribution in [3.05, 3.63) is 95.0 Å². The molecule has 2 N–H and O–H groups in total. The van der Waals surface area contributed by atoms with Crippen LogP contribution in [0.25, 0.3) is 22.3 Å². The summed E-state index contributed by atoms with van der Waals surface area (Å²) in [4.78, 5) is 0.148. The van der Waals surface area contributed by atoms with E-state index in [9.17, 15) is 18.6 Å². The first-order chi connectivity index (χ1) is 14.8. The van der Waals surface area contributed by atoms with Crippen LogP contribution in [0.3, 0.4) is 0 Å². The van der Waals surface area contributed by atoms with Crippen LogP contribution in [0.5, 0.6) is 11.5 Å². The van der Waals surface area contributed by atoms with Gasteiger partial charge in [0.25, 0.3) is 0 Å². The number of aromatic hydroxyl groups is 2. The molecule has 0 spiro atoms. The summed E-state index contributed by atoms with van der Waals surface area (Å²) in [5.41, 5.74) is 2.02. The maximum atomic E-state index is 13.8. The lowest BCUT2D eigenvalue weighted by atomic mass is 10.1. The fourth-order valence-corrected chi connectivity index (χ4v) is 5.33. The van der Waals surface area contributed by atoms with Crippen molar-refractivity contribution in [1.29, 1.82) is 0 Å². The lowest BCUT2D eigenvalue weighted by Gasteiger charge is -2.15. The van der Waals surface area contributed by atoms with Crippen molar-refractivity contribution in [3.63, 3.8) is 0 Å². The van der Waals surface area contributed by atoms with Gasteiger partial charge < -0.3 is 10.2 Å². The molecule has 0 saturated heterocycles. The van der Waals surface area contributed by atoms with Gasteiger partial charge in [-0.15, -0.1) is 0 Å². The smallest absolute Gasteiger partial charge is 0.207 e. The molecule has 0 aliphatic carbocycles. The van der Waals surface area contributed by atoms with Crippen LogP contribution in [0.1, 0.15) is 0 Å². The summed E-state index contributed by atoms with van der Waals surface area (Å²) in [6.45, 7) is 0. The Labute approximate surface area is 189 Å². The lowest BCUT2D eigenvalue weighted by Crippen LogP contribution is -2.06. The molecule has 0 heterocycles. The Morgan fingerprint density at radius 2 is 0.903 bits per heavy atom. The van der Waals surface area contributed by atoms with E-state index in [1.807, 2.05) is 0 Å². The minimum atomic E-state index is -3.99. The van der Waals surface area contributed by atoms with Crippen molar-refractivity contribution in [3.8, 4) is 33.8 Å². The number of sulfone groups is 1. The molecule has 0 aromatic heterocycles. The minimum Gasteiger partial charge on any atom is -0.508 e. The molecule has 0 bridgehead atoms. The summed E-state index contributed by atoms with van der Waals surface area (Å²) in [5, 5.41) is 20.0. The summed E-state index contributed by atoms with van der Waals surface area (Å²) in [7, 11) is -3.99. The third-order valence-electron chi connectivity index (χ3n) is 4.82. The summed E-state index contributed by atoms with van der Waals surface area (Å²) >= 11 is 12.3. The predicted octanol–water partition coefficient (Wildman–Crippen LogP) is 6.57. The van der Waals surface area contributed by atoms with Crippen molar-refractivity contribution < 1.29 is 18.6 Å². The molecule has 7 heteroatoms. The second-order valence-corrected chi connectivity index (χ2v) is 9.64. The van der Waals surface area contributed by atoms with Gasteiger partial charge in [0.1, 0.15) is 11.5 Å². The van der Waals surface area contributed by atoms with Gasteiger partial charge in [-0.3, -0.25) is 0 Å². The molecule has 0 saturated carbocycles. The molecular weight excluding hydrogens is 455 g/mol. The van der Waals surface area contributed by atoms with E-state index in [1.165, 1.54) is 48.5 Å². The molecular formula is C24H16Cl2O4S. The Balaban J connectivity index is 1.95. The highest BCUT2D eigenvalue weighted by molar-refractivity contribution is 7.91. The Hall–Kier alpha value is -2.99. The van der Waals surface area contributed by atoms with Crippen LogP contribution in [0, 0.1) is 0 Å². The molecule has 0 atom stereocenters. The normalized spacial score (nSPS) is 11.4. The van der Waals surface area contributed by atoms with E-state index in [2.05, 4.69) is 0 Å². The van der Waals surface area contributed by atoms with E-state index >= 15 is 0 Å². The summed E-state index contributed by atoms with van der Waals surface area (Å²) in [5.74, 6) is 0.144. The summed E-state index contributed by atoms with van der Waals surface area (Å²) < 4.78 is 27.6. The maximum absolute atomic E-state index is 13.8. The largest absolute Gasteiger partial charge is 0.508 e. The average Bonchev–Trinajstić information content (AvgIpc) is 2.74. The number of hydrogen-bond acceptors (Lipinski definition) is 4. The van der Waals surface area contributed by atoms with Gasteiger partial charge in [0.15, 0.2) is 0 Å². The maximum Gasteiger partial charge on any atom is 0.207 e. The van der Waals surface area contributed by atoms with Gasteiger partial charge in [-0.05, 0) is 71.8 Å². The predicted molar refractivity (Wildman–Crippen MR) is 123 cm³/mol. The van der Waals surface area contributed by atoms with Gasteiger partial charge in [-0.2, -0.15) is 0 Å². The monoisotopic (exact) mass is 470 g/mol. The van der Waals surface area contributed by atoms with Crippen LogP contribution >= 0.6 is 23.2 Å². The van der Waals surface area contributed by atoms with Gasteiger partial charge in [0.2, 0.25) is 9.84 Å². The van der Waals surface area contributed by atoms with E-state index in [-0.39, 0.29) is 21.3 Å². The Bertz CT molecular complexity index is 1260. The van der Waals surface area contributed by atoms with Crippen LogP contribution < -0.4 is 0 Å². The minimum absolute atomic E-state index is 0.0718. The van der Waals surface area contributed by atoms with Crippen LogP contribution in [0.2, 0.25) is 10.0 Å². The molecule has 0 aliphatic rings. The van der Waals surface area contributed by atoms with Crippen LogP contribution in [0.15, 0.2) is 94.7 Å². The van der Waals surface area contributed by atoms with Crippen molar-refractivity contribution in [2.45, 2.75) is 9.79 Å². The van der Waals surface area contributed by atoms with Crippen LogP contribution in [-0.4, -0.2) is 18.6 Å². The highest BCUT2D eigenvalue weighted by Gasteiger charge is 2.26. The summed E-state index contributed by atoms with van der Waals surface area (Å²) in [6, 6.07) is 21.6. The molecule has 4 aromatic carbocycles. The summed E-state index contributed by atoms with van der Waals surface area (Å²) in [6.07, 6.45) is 0. The van der Waals surface area contributed by atoms with Gasteiger partial charge in [-0.25, -0.2) is 8.42 Å². The zero-order chi connectivity index (χ0) is 22.2. The first-order valence-corrected chi connectivity index (χ1v) is 11.4. The van der Waals surface area contributed by atoms with Gasteiger partial charge >= 0.3 is 0 Å². The highest BCUT2D eigenvalue weighted by atomic mass is 35.5. The molecule has 4 aromatic rings. The number of halogens is 2. The third kappa shape index (κ3) is 4.26. The second kappa shape index (κ2) is 8.27. The van der Waals surface area contributed by atoms with Crippen molar-refractivity contribution in [2.75, 3.05) is 0 Å². The number of phenols is 2. The molecule has 0 amide bonds. The molecule has 0 fully saturated rings. The second-order valence-electron chi connectivity index (χ2n) is 6.88. The average molecular weight is 471 g/mol. The van der Waals surface area contributed by atoms with Gasteiger partial charge in [-0.1, -0.05) is 47.5 Å². The van der Waals surface area contributed by atoms with Crippen molar-refractivity contribution >= 4 is 33.0 Å². The number of rotatable bonds is 4. The molecule has 4 nitrogen and oxygen atoms in total. The van der Waals surface area contributed by atoms with E-state index in [1.54, 1.807) is 36.4 Å². The van der Waals surface area contributed by atoms with Gasteiger partial charge in [0, 0.05) is 21.2 Å². The highest BCUT2D eigenvalue weighted by Crippen LogP contribution is 2.39. The van der Waals surface area contributed by atoms with E-state index in [0.717, 1.165) is 0 Å². The molecule has 0 unspecified atom stereocenters. The zero-order valence-electron chi connectivity index (χ0n) is 16.0. The third-order valence-corrected chi connectivity index (χ3v) is 7.16. The first-order valence-electron chi connectivity index (χ1n) is 9.19. The Kier molecular flexibility index (Phi) is 5.67. The molecule has 0 radical (unpaired) electrons. The number of hydrogen-bond donors (Lipinski definition) is 2. The standard InChI is InChI=1S/C24H16Cl2O4S/c25-17-5-11-23(21(13-17)15-1-7-19(27)8-2-15)31(29,30)24-12-6-18(26)14-22(24)16-3-9-20(28)10-4-16/h1-14,27-28H. The van der Waals surface area contributed by atoms with E-state index in [4.69, 9.17) is 23.2 Å². The topological polar surface area (TPSA) is 74.6 Å². The van der Waals surface area contributed by atoms with Gasteiger partial charge in [0.05, 0.1) is 9.79 Å². The van der Waals surface area contributed by atoms with Crippen molar-refractivity contribution in [2.24, 2.45) is 0 Å². The molecule has 0 aliphatic heterocycles. The molecule has 4 rings (SSSR count). The van der Waals surface area contributed by atoms with Crippen LogP contribution in [-0.2, 0) is 9.84 Å². The SMILES string of the molecule is O=S(=O)(c1ccc(Cl)cc1-c1ccc(O)cc1)c1ccc(Cl)cc1-c1ccc(O)cc1. The number of phenolic OH excluding ortho intramolecular Hbond substituents is 2. The molecule has 31 heavy (non-hydrogen) atoms. The quantitative estimate of drug-likeness (QED) is 0.353. The van der Waals surface area contributed by atoms with Crippen molar-refractivity contribution in [1.82, 2.24) is 0 Å². The first kappa shape index (κ1) is 21.2. The number of benzene rings is 4. The fraction of sp³-hybridized carbons (Fsp3) is 0. The Morgan fingerprint density at radius 3 is 1.26 bits per heavy atom. The zero-order valence-corrected chi connectivity index (χ0v) is 18.3.